The number of halogens is 3. The van der Waals surface area contributed by atoms with Crippen LogP contribution in [0.25, 0.3) is 32.9 Å². The van der Waals surface area contributed by atoms with Crippen molar-refractivity contribution in [3.05, 3.63) is 77.2 Å². The zero-order chi connectivity index (χ0) is 58.7. The van der Waals surface area contributed by atoms with Crippen LogP contribution in [0.4, 0.5) is 34.3 Å². The van der Waals surface area contributed by atoms with Crippen LogP contribution in [0.1, 0.15) is 107 Å². The maximum atomic E-state index is 17.7. The van der Waals surface area contributed by atoms with E-state index < -0.39 is 35.0 Å². The molecule has 1 spiro atoms. The number of ether oxygens (including phenoxy) is 4. The Morgan fingerprint density at radius 2 is 1.55 bits per heavy atom. The van der Waals surface area contributed by atoms with Gasteiger partial charge in [0.15, 0.2) is 12.6 Å². The number of rotatable bonds is 14. The highest BCUT2D eigenvalue weighted by atomic mass is 19.1. The zero-order valence-corrected chi connectivity index (χ0v) is 48.3. The van der Waals surface area contributed by atoms with Gasteiger partial charge in [0.25, 0.3) is 5.91 Å². The largest absolute Gasteiger partial charge is 0.468 e. The van der Waals surface area contributed by atoms with E-state index >= 15 is 8.78 Å². The van der Waals surface area contributed by atoms with Crippen LogP contribution in [0.2, 0.25) is 0 Å². The molecule has 5 aromatic rings. The highest BCUT2D eigenvalue weighted by Gasteiger charge is 2.48. The maximum Gasteiger partial charge on any atom is 0.410 e. The number of hydrogen-bond donors (Lipinski definition) is 1. The molecule has 5 amide bonds. The number of amides is 5. The first-order valence-electron chi connectivity index (χ1n) is 29.6. The van der Waals surface area contributed by atoms with Crippen LogP contribution in [0.3, 0.4) is 0 Å². The lowest BCUT2D eigenvalue weighted by atomic mass is 9.65. The monoisotopic (exact) mass is 1150 g/mol. The standard InChI is InChI=1S/C63H73F3N10O8/c1-6-45-48(64)11-7-40-29-44(83-38-81-5)31-46(52(40)45)54-53(66)55-47(32-67-54)56(74-34-42-9-10-43(35-74)76(42)60(80)84-61(2,3)4)70-58(69-55)82-37-63(18-19-63)36-72-27-25-71(26-28-72)33-39-13-16-62(17-14-39)20-23-73(24-21-62)57(78)41-8-12-49(65)50(30-41)75-22-15-51(77)68-59(75)79/h1,7-8,11-12,29-32,39,42-43H,9-10,13-28,33-38H2,2-5H3,(H,68,77,79). The number of carbonyl (C=O) groups excluding carboxylic acids is 4. The number of urea groups is 1. The summed E-state index contributed by atoms with van der Waals surface area (Å²) in [4.78, 5) is 78.0. The van der Waals surface area contributed by atoms with Gasteiger partial charge in [0.2, 0.25) is 5.91 Å². The van der Waals surface area contributed by atoms with Gasteiger partial charge >= 0.3 is 18.1 Å². The molecule has 12 rings (SSSR count). The minimum Gasteiger partial charge on any atom is -0.468 e. The molecule has 2 unspecified atom stereocenters. The fourth-order valence-corrected chi connectivity index (χ4v) is 13.9. The van der Waals surface area contributed by atoms with Crippen molar-refractivity contribution in [2.24, 2.45) is 16.7 Å². The SMILES string of the molecule is C#Cc1c(F)ccc2cc(OCOC)cc(-c3ncc4c(N5CC6CCC(C5)N6C(=O)OC(C)(C)C)nc(OCC5(CN6CCN(CC7CCC8(CC7)CCN(C(=O)c7ccc(F)c(N9CCC(=O)NC9=O)c7)CC8)CC6)CC5)nc4c3F)c12. The van der Waals surface area contributed by atoms with Crippen LogP contribution in [0.15, 0.2) is 48.7 Å². The van der Waals surface area contributed by atoms with Gasteiger partial charge in [0, 0.05) is 114 Å². The molecular weight excluding hydrogens is 1080 g/mol. The number of piperazine rings is 2. The number of methoxy groups -OCH3 is 1. The summed E-state index contributed by atoms with van der Waals surface area (Å²) in [7, 11) is 1.49. The number of benzene rings is 3. The number of fused-ring (bicyclic) bond motifs is 4. The van der Waals surface area contributed by atoms with Crippen LogP contribution in [0, 0.1) is 46.5 Å². The summed E-state index contributed by atoms with van der Waals surface area (Å²) in [5, 5.41) is 3.41. The van der Waals surface area contributed by atoms with Gasteiger partial charge in [-0.1, -0.05) is 12.0 Å². The Hall–Kier alpha value is -7.28. The molecule has 2 bridgehead atoms. The summed E-state index contributed by atoms with van der Waals surface area (Å²) < 4.78 is 71.4. The van der Waals surface area contributed by atoms with Crippen molar-refractivity contribution >= 4 is 57.1 Å². The number of piperidine rings is 1. The third kappa shape index (κ3) is 11.6. The molecule has 84 heavy (non-hydrogen) atoms. The topological polar surface area (TPSA) is 175 Å². The van der Waals surface area contributed by atoms with Gasteiger partial charge in [-0.05, 0) is 138 Å². The molecule has 0 radical (unpaired) electrons. The first-order chi connectivity index (χ1) is 40.4. The van der Waals surface area contributed by atoms with Crippen LogP contribution in [-0.4, -0.2) is 169 Å². The summed E-state index contributed by atoms with van der Waals surface area (Å²) in [6.45, 7) is 13.8. The average molecular weight is 1160 g/mol. The number of imide groups is 1. The maximum absolute atomic E-state index is 17.7. The molecule has 7 aliphatic rings. The molecule has 7 fully saturated rings. The number of likely N-dealkylation sites (tertiary alicyclic amines) is 1. The second kappa shape index (κ2) is 23.0. The first-order valence-corrected chi connectivity index (χ1v) is 29.6. The van der Waals surface area contributed by atoms with Gasteiger partial charge in [-0.15, -0.1) is 6.42 Å². The summed E-state index contributed by atoms with van der Waals surface area (Å²) in [6.07, 6.45) is 17.1. The van der Waals surface area contributed by atoms with E-state index in [1.165, 1.54) is 36.3 Å². The van der Waals surface area contributed by atoms with E-state index in [2.05, 4.69) is 25.9 Å². The Labute approximate surface area is 487 Å². The third-order valence-electron chi connectivity index (χ3n) is 18.6. The quantitative estimate of drug-likeness (QED) is 0.0823. The number of aromatic nitrogens is 3. The van der Waals surface area contributed by atoms with E-state index in [1.807, 2.05) is 30.6 Å². The van der Waals surface area contributed by atoms with Crippen LogP contribution < -0.4 is 24.6 Å². The summed E-state index contributed by atoms with van der Waals surface area (Å²) >= 11 is 0. The average Bonchev–Trinajstić information content (AvgIpc) is 2.30. The number of anilines is 2. The van der Waals surface area contributed by atoms with Crippen molar-refractivity contribution in [1.29, 1.82) is 0 Å². The smallest absolute Gasteiger partial charge is 0.410 e. The fraction of sp³-hybridized carbons (Fsp3) is 0.540. The van der Waals surface area contributed by atoms with E-state index in [0.29, 0.717) is 72.0 Å². The number of terminal acetylenes is 1. The lowest BCUT2D eigenvalue weighted by Gasteiger charge is -2.47. The van der Waals surface area contributed by atoms with Gasteiger partial charge in [-0.3, -0.25) is 29.7 Å². The molecule has 5 saturated heterocycles. The van der Waals surface area contributed by atoms with E-state index in [9.17, 15) is 23.6 Å². The molecular formula is C63H73F3N10O8. The first kappa shape index (κ1) is 57.2. The lowest BCUT2D eigenvalue weighted by molar-refractivity contribution is -0.120. The Morgan fingerprint density at radius 1 is 0.833 bits per heavy atom. The van der Waals surface area contributed by atoms with E-state index in [-0.39, 0.29) is 88.7 Å². The Kier molecular flexibility index (Phi) is 15.6. The molecule has 2 aromatic heterocycles. The molecule has 21 heteroatoms. The predicted octanol–water partition coefficient (Wildman–Crippen LogP) is 9.15. The van der Waals surface area contributed by atoms with Gasteiger partial charge in [-0.2, -0.15) is 9.97 Å². The van der Waals surface area contributed by atoms with Gasteiger partial charge < -0.3 is 38.5 Å². The van der Waals surface area contributed by atoms with Crippen molar-refractivity contribution in [2.75, 3.05) is 102 Å². The number of nitrogens with one attached hydrogen (secondary N) is 1. The molecule has 3 aromatic carbocycles. The van der Waals surface area contributed by atoms with Crippen molar-refractivity contribution in [3.63, 3.8) is 0 Å². The Balaban J connectivity index is 0.692. The molecule has 7 heterocycles. The van der Waals surface area contributed by atoms with Crippen molar-refractivity contribution in [1.82, 2.24) is 39.9 Å². The highest BCUT2D eigenvalue weighted by Crippen LogP contribution is 2.49. The number of nitrogens with zero attached hydrogens (tertiary/aromatic N) is 9. The van der Waals surface area contributed by atoms with Crippen LogP contribution in [-0.2, 0) is 14.3 Å². The summed E-state index contributed by atoms with van der Waals surface area (Å²) in [5.41, 5.74) is -0.181. The Bertz CT molecular complexity index is 3420. The normalized spacial score (nSPS) is 21.9. The fourth-order valence-electron chi connectivity index (χ4n) is 13.9. The molecule has 2 aliphatic carbocycles. The van der Waals surface area contributed by atoms with Gasteiger partial charge in [0.05, 0.1) is 35.3 Å². The van der Waals surface area contributed by atoms with E-state index in [1.54, 1.807) is 24.4 Å². The molecule has 2 saturated carbocycles. The number of hydrogen-bond acceptors (Lipinski definition) is 14. The van der Waals surface area contributed by atoms with E-state index in [4.69, 9.17) is 40.3 Å². The highest BCUT2D eigenvalue weighted by molar-refractivity contribution is 6.06. The Morgan fingerprint density at radius 3 is 2.23 bits per heavy atom. The summed E-state index contributed by atoms with van der Waals surface area (Å²) in [6, 6.07) is 9.24. The van der Waals surface area contributed by atoms with Crippen molar-refractivity contribution in [3.8, 4) is 35.4 Å². The number of pyridine rings is 1. The van der Waals surface area contributed by atoms with Crippen LogP contribution >= 0.6 is 0 Å². The molecule has 444 valence electrons. The molecule has 2 atom stereocenters. The van der Waals surface area contributed by atoms with Crippen molar-refractivity contribution < 1.29 is 51.3 Å². The van der Waals surface area contributed by atoms with Gasteiger partial charge in [-0.25, -0.2) is 22.8 Å². The third-order valence-corrected chi connectivity index (χ3v) is 18.6. The minimum atomic E-state index is -0.761. The van der Waals surface area contributed by atoms with Gasteiger partial charge in [0.1, 0.15) is 40.0 Å². The lowest BCUT2D eigenvalue weighted by Crippen LogP contribution is -2.57. The van der Waals surface area contributed by atoms with Crippen LogP contribution in [0.5, 0.6) is 11.8 Å². The van der Waals surface area contributed by atoms with Crippen molar-refractivity contribution in [2.45, 2.75) is 109 Å². The predicted molar refractivity (Wildman–Crippen MR) is 309 cm³/mol. The van der Waals surface area contributed by atoms with E-state index in [0.717, 1.165) is 103 Å². The molecule has 18 nitrogen and oxygen atoms in total. The second-order valence-electron chi connectivity index (χ2n) is 25.4. The minimum absolute atomic E-state index is 0.00314. The summed E-state index contributed by atoms with van der Waals surface area (Å²) in [5.74, 6) is 1.27. The molecule has 1 N–H and O–H groups in total. The number of carbonyl (C=O) groups is 4. The second-order valence-corrected chi connectivity index (χ2v) is 25.4. The molecule has 5 aliphatic heterocycles. The zero-order valence-electron chi connectivity index (χ0n) is 48.3.